The van der Waals surface area contributed by atoms with Crippen LogP contribution in [0, 0.1) is 0 Å². The van der Waals surface area contributed by atoms with Crippen LogP contribution in [-0.4, -0.2) is 29.4 Å². The van der Waals surface area contributed by atoms with Crippen molar-refractivity contribution in [3.63, 3.8) is 0 Å². The fourth-order valence-corrected chi connectivity index (χ4v) is 1.74. The lowest BCUT2D eigenvalue weighted by molar-refractivity contribution is -0.142. The molecule has 0 amide bonds. The summed E-state index contributed by atoms with van der Waals surface area (Å²) in [5, 5.41) is -0.116. The van der Waals surface area contributed by atoms with Crippen molar-refractivity contribution in [1.29, 1.82) is 0 Å². The van der Waals surface area contributed by atoms with E-state index in [2.05, 4.69) is 4.99 Å². The Morgan fingerprint density at radius 2 is 2.55 bits per heavy atom. The highest BCUT2D eigenvalue weighted by atomic mass is 32.2. The van der Waals surface area contributed by atoms with Gasteiger partial charge in [0.25, 0.3) is 0 Å². The highest BCUT2D eigenvalue weighted by Gasteiger charge is 2.29. The lowest BCUT2D eigenvalue weighted by Gasteiger charge is -2.10. The SMILES string of the molecule is CCOC(=O)C1SC=NC1C. The quantitative estimate of drug-likeness (QED) is 0.586. The first kappa shape index (κ1) is 8.59. The molecule has 2 unspecified atom stereocenters. The number of hydrogen-bond acceptors (Lipinski definition) is 4. The first-order chi connectivity index (χ1) is 5.25. The van der Waals surface area contributed by atoms with Crippen molar-refractivity contribution in [3.8, 4) is 0 Å². The molecule has 0 aromatic rings. The van der Waals surface area contributed by atoms with Crippen LogP contribution in [0.1, 0.15) is 13.8 Å². The third kappa shape index (κ3) is 1.96. The second-order valence-corrected chi connectivity index (χ2v) is 3.29. The van der Waals surface area contributed by atoms with E-state index in [0.29, 0.717) is 6.61 Å². The Hall–Kier alpha value is -0.510. The Morgan fingerprint density at radius 3 is 3.00 bits per heavy atom. The molecule has 1 aliphatic heterocycles. The first-order valence-electron chi connectivity index (χ1n) is 3.59. The molecule has 0 aliphatic carbocycles. The molecule has 0 radical (unpaired) electrons. The maximum atomic E-state index is 11.1. The van der Waals surface area contributed by atoms with Crippen molar-refractivity contribution in [2.45, 2.75) is 25.1 Å². The van der Waals surface area contributed by atoms with Crippen molar-refractivity contribution in [1.82, 2.24) is 0 Å². The smallest absolute Gasteiger partial charge is 0.321 e. The molecular weight excluding hydrogens is 162 g/mol. The van der Waals surface area contributed by atoms with Crippen LogP contribution < -0.4 is 0 Å². The van der Waals surface area contributed by atoms with Crippen molar-refractivity contribution in [2.24, 2.45) is 4.99 Å². The Balaban J connectivity index is 2.42. The Morgan fingerprint density at radius 1 is 1.82 bits per heavy atom. The lowest BCUT2D eigenvalue weighted by atomic mass is 10.2. The summed E-state index contributed by atoms with van der Waals surface area (Å²) in [6.07, 6.45) is 0. The van der Waals surface area contributed by atoms with E-state index in [4.69, 9.17) is 4.74 Å². The minimum atomic E-state index is -0.150. The number of rotatable bonds is 2. The van der Waals surface area contributed by atoms with Gasteiger partial charge in [-0.2, -0.15) is 0 Å². The maximum Gasteiger partial charge on any atom is 0.321 e. The topological polar surface area (TPSA) is 38.7 Å². The van der Waals surface area contributed by atoms with Gasteiger partial charge in [-0.15, -0.1) is 0 Å². The summed E-state index contributed by atoms with van der Waals surface area (Å²) in [6.45, 7) is 4.17. The average molecular weight is 173 g/mol. The molecule has 3 nitrogen and oxygen atoms in total. The number of carbonyl (C=O) groups excluding carboxylic acids is 1. The zero-order valence-corrected chi connectivity index (χ0v) is 7.43. The van der Waals surface area contributed by atoms with Gasteiger partial charge >= 0.3 is 5.97 Å². The molecule has 0 bridgehead atoms. The van der Waals surface area contributed by atoms with E-state index in [1.54, 1.807) is 5.55 Å². The van der Waals surface area contributed by atoms with Crippen LogP contribution in [0.3, 0.4) is 0 Å². The van der Waals surface area contributed by atoms with E-state index in [1.165, 1.54) is 11.8 Å². The number of nitrogens with zero attached hydrogens (tertiary/aromatic N) is 1. The number of thioether (sulfide) groups is 1. The summed E-state index contributed by atoms with van der Waals surface area (Å²) in [5.74, 6) is -0.150. The van der Waals surface area contributed by atoms with Gasteiger partial charge in [0.2, 0.25) is 0 Å². The molecule has 1 heterocycles. The van der Waals surface area contributed by atoms with Crippen molar-refractivity contribution < 1.29 is 9.53 Å². The summed E-state index contributed by atoms with van der Waals surface area (Å²) in [7, 11) is 0. The lowest BCUT2D eigenvalue weighted by Crippen LogP contribution is -2.26. The van der Waals surface area contributed by atoms with E-state index < -0.39 is 0 Å². The first-order valence-corrected chi connectivity index (χ1v) is 4.53. The van der Waals surface area contributed by atoms with Gasteiger partial charge in [-0.25, -0.2) is 0 Å². The standard InChI is InChI=1S/C7H11NO2S/c1-3-10-7(9)6-5(2)8-4-11-6/h4-6H,3H2,1-2H3. The Kier molecular flexibility index (Phi) is 2.93. The molecule has 0 saturated heterocycles. The third-order valence-electron chi connectivity index (χ3n) is 1.46. The van der Waals surface area contributed by atoms with E-state index in [9.17, 15) is 4.79 Å². The summed E-state index contributed by atoms with van der Waals surface area (Å²) in [6, 6.07) is 0.0686. The largest absolute Gasteiger partial charge is 0.465 e. The van der Waals surface area contributed by atoms with Gasteiger partial charge in [0, 0.05) is 0 Å². The van der Waals surface area contributed by atoms with Crippen LogP contribution in [0.4, 0.5) is 0 Å². The number of hydrogen-bond donors (Lipinski definition) is 0. The molecular formula is C7H11NO2S. The molecule has 1 aliphatic rings. The number of carbonyl (C=O) groups is 1. The van der Waals surface area contributed by atoms with Gasteiger partial charge < -0.3 is 4.74 Å². The fourth-order valence-electron chi connectivity index (χ4n) is 0.865. The van der Waals surface area contributed by atoms with E-state index >= 15 is 0 Å². The van der Waals surface area contributed by atoms with Crippen LogP contribution in [-0.2, 0) is 9.53 Å². The highest BCUT2D eigenvalue weighted by molar-refractivity contribution is 8.13. The predicted octanol–water partition coefficient (Wildman–Crippen LogP) is 1.08. The van der Waals surface area contributed by atoms with Gasteiger partial charge in [-0.1, -0.05) is 11.8 Å². The Bertz CT molecular complexity index is 181. The molecule has 0 fully saturated rings. The third-order valence-corrected chi connectivity index (χ3v) is 2.58. The fraction of sp³-hybridized carbons (Fsp3) is 0.714. The van der Waals surface area contributed by atoms with Gasteiger partial charge in [0.05, 0.1) is 18.2 Å². The number of esters is 1. The molecule has 62 valence electrons. The second kappa shape index (κ2) is 3.76. The minimum absolute atomic E-state index is 0.0686. The summed E-state index contributed by atoms with van der Waals surface area (Å²) >= 11 is 1.43. The molecule has 0 aromatic heterocycles. The van der Waals surface area contributed by atoms with E-state index in [-0.39, 0.29) is 17.3 Å². The van der Waals surface area contributed by atoms with Crippen LogP contribution >= 0.6 is 11.8 Å². The van der Waals surface area contributed by atoms with Gasteiger partial charge in [0.1, 0.15) is 5.25 Å². The molecule has 0 spiro atoms. The molecule has 4 heteroatoms. The van der Waals surface area contributed by atoms with Crippen LogP contribution in [0.2, 0.25) is 0 Å². The summed E-state index contributed by atoms with van der Waals surface area (Å²) in [4.78, 5) is 15.2. The number of ether oxygens (including phenoxy) is 1. The molecule has 11 heavy (non-hydrogen) atoms. The minimum Gasteiger partial charge on any atom is -0.465 e. The van der Waals surface area contributed by atoms with Gasteiger partial charge in [0.15, 0.2) is 0 Å². The highest BCUT2D eigenvalue weighted by Crippen LogP contribution is 2.22. The van der Waals surface area contributed by atoms with Crippen molar-refractivity contribution in [3.05, 3.63) is 0 Å². The number of aliphatic imine (C=N–C) groups is 1. The van der Waals surface area contributed by atoms with Crippen molar-refractivity contribution >= 4 is 23.3 Å². The molecule has 0 saturated carbocycles. The second-order valence-electron chi connectivity index (χ2n) is 2.30. The average Bonchev–Trinajstić information content (AvgIpc) is 2.36. The van der Waals surface area contributed by atoms with Gasteiger partial charge in [-0.3, -0.25) is 9.79 Å². The monoisotopic (exact) mass is 173 g/mol. The zero-order chi connectivity index (χ0) is 8.27. The predicted molar refractivity (Wildman–Crippen MR) is 46.0 cm³/mol. The normalized spacial score (nSPS) is 28.9. The molecule has 1 rings (SSSR count). The Labute approximate surface area is 70.2 Å². The van der Waals surface area contributed by atoms with Crippen molar-refractivity contribution in [2.75, 3.05) is 6.61 Å². The molecule has 2 atom stereocenters. The van der Waals surface area contributed by atoms with E-state index in [1.807, 2.05) is 13.8 Å². The van der Waals surface area contributed by atoms with E-state index in [0.717, 1.165) is 0 Å². The summed E-state index contributed by atoms with van der Waals surface area (Å²) < 4.78 is 4.86. The van der Waals surface area contributed by atoms with Gasteiger partial charge in [-0.05, 0) is 13.8 Å². The zero-order valence-electron chi connectivity index (χ0n) is 6.61. The van der Waals surface area contributed by atoms with Crippen LogP contribution in [0.5, 0.6) is 0 Å². The maximum absolute atomic E-state index is 11.1. The molecule has 0 aromatic carbocycles. The van der Waals surface area contributed by atoms with Crippen LogP contribution in [0.25, 0.3) is 0 Å². The summed E-state index contributed by atoms with van der Waals surface area (Å²) in [5.41, 5.74) is 1.71. The molecule has 0 N–H and O–H groups in total. The van der Waals surface area contributed by atoms with Crippen LogP contribution in [0.15, 0.2) is 4.99 Å².